The molecule has 0 aliphatic rings. The molecule has 0 amide bonds. The summed E-state index contributed by atoms with van der Waals surface area (Å²) in [5.74, 6) is -0.402. The molecule has 0 saturated heterocycles. The van der Waals surface area contributed by atoms with Gasteiger partial charge in [-0.25, -0.2) is 4.79 Å². The van der Waals surface area contributed by atoms with Crippen LogP contribution in [0.4, 0.5) is 5.69 Å². The van der Waals surface area contributed by atoms with Gasteiger partial charge in [0.15, 0.2) is 6.21 Å². The summed E-state index contributed by atoms with van der Waals surface area (Å²) in [6.45, 7) is 2.06. The van der Waals surface area contributed by atoms with Crippen molar-refractivity contribution in [2.75, 3.05) is 6.61 Å². The highest BCUT2D eigenvalue weighted by Gasteiger charge is 2.08. The van der Waals surface area contributed by atoms with Crippen molar-refractivity contribution in [3.8, 4) is 0 Å². The first-order valence-electron chi connectivity index (χ1n) is 6.44. The van der Waals surface area contributed by atoms with Gasteiger partial charge in [-0.15, -0.1) is 0 Å². The quantitative estimate of drug-likeness (QED) is 0.284. The molecule has 0 bridgehead atoms. The molecule has 2 rings (SSSR count). The van der Waals surface area contributed by atoms with Crippen LogP contribution in [0.5, 0.6) is 0 Å². The van der Waals surface area contributed by atoms with Crippen LogP contribution in [0.1, 0.15) is 22.8 Å². The second-order valence-electron chi connectivity index (χ2n) is 4.28. The smallest absolute Gasteiger partial charge is 0.338 e. The van der Waals surface area contributed by atoms with Crippen LogP contribution in [-0.2, 0) is 4.74 Å². The zero-order chi connectivity index (χ0) is 15.2. The summed E-state index contributed by atoms with van der Waals surface area (Å²) in [6, 6.07) is 13.2. The average molecular weight is 304 g/mol. The third kappa shape index (κ3) is 4.07. The lowest BCUT2D eigenvalue weighted by atomic mass is 10.2. The van der Waals surface area contributed by atoms with Gasteiger partial charge in [-0.05, 0) is 37.3 Å². The molecule has 2 aromatic carbocycles. The molecule has 5 heteroatoms. The van der Waals surface area contributed by atoms with E-state index >= 15 is 0 Å². The van der Waals surface area contributed by atoms with Crippen molar-refractivity contribution in [3.63, 3.8) is 0 Å². The number of halogens is 1. The number of esters is 1. The number of rotatable bonds is 4. The van der Waals surface area contributed by atoms with Crippen LogP contribution in [0, 0.1) is 5.21 Å². The monoisotopic (exact) mass is 303 g/mol. The number of hydrogen-bond acceptors (Lipinski definition) is 3. The van der Waals surface area contributed by atoms with Gasteiger partial charge >= 0.3 is 5.97 Å². The Labute approximate surface area is 127 Å². The lowest BCUT2D eigenvalue weighted by molar-refractivity contribution is -0.354. The summed E-state index contributed by atoms with van der Waals surface area (Å²) in [5.41, 5.74) is 1.53. The Bertz CT molecular complexity index is 665. The zero-order valence-electron chi connectivity index (χ0n) is 11.5. The summed E-state index contributed by atoms with van der Waals surface area (Å²) < 4.78 is 5.61. The fourth-order valence-corrected chi connectivity index (χ4v) is 1.95. The van der Waals surface area contributed by atoms with Gasteiger partial charge in [0.05, 0.1) is 12.2 Å². The van der Waals surface area contributed by atoms with Crippen LogP contribution in [0.3, 0.4) is 0 Å². The Hall–Kier alpha value is -2.33. The van der Waals surface area contributed by atoms with Crippen LogP contribution in [0.2, 0.25) is 5.02 Å². The van der Waals surface area contributed by atoms with E-state index in [0.29, 0.717) is 28.4 Å². The van der Waals surface area contributed by atoms with Crippen molar-refractivity contribution in [1.82, 2.24) is 0 Å². The third-order valence-electron chi connectivity index (χ3n) is 2.75. The molecule has 0 heterocycles. The van der Waals surface area contributed by atoms with Crippen molar-refractivity contribution < 1.29 is 14.3 Å². The molecule has 0 spiro atoms. The Morgan fingerprint density at radius 3 is 2.62 bits per heavy atom. The third-order valence-corrected chi connectivity index (χ3v) is 2.98. The van der Waals surface area contributed by atoms with Gasteiger partial charge in [0.1, 0.15) is 0 Å². The van der Waals surface area contributed by atoms with Crippen LogP contribution < -0.4 is 0 Å². The number of ether oxygens (including phenoxy) is 1. The van der Waals surface area contributed by atoms with Crippen molar-refractivity contribution in [1.29, 1.82) is 0 Å². The molecule has 0 aromatic heterocycles. The zero-order valence-corrected chi connectivity index (χ0v) is 12.2. The topological polar surface area (TPSA) is 52.4 Å². The van der Waals surface area contributed by atoms with E-state index < -0.39 is 5.97 Å². The van der Waals surface area contributed by atoms with E-state index in [0.717, 1.165) is 4.74 Å². The maximum Gasteiger partial charge on any atom is 0.338 e. The maximum absolute atomic E-state index is 12.0. The van der Waals surface area contributed by atoms with E-state index in [1.165, 1.54) is 6.21 Å². The number of nitrogens with zero attached hydrogens (tertiary/aromatic N) is 1. The molecule has 0 aliphatic heterocycles. The first-order chi connectivity index (χ1) is 10.1. The summed E-state index contributed by atoms with van der Waals surface area (Å²) in [7, 11) is 0. The first kappa shape index (κ1) is 15.1. The minimum Gasteiger partial charge on any atom is -0.618 e. The normalized spacial score (nSPS) is 11.2. The maximum atomic E-state index is 12.0. The Morgan fingerprint density at radius 2 is 2.00 bits per heavy atom. The van der Waals surface area contributed by atoms with Gasteiger partial charge in [0.25, 0.3) is 0 Å². The summed E-state index contributed by atoms with van der Waals surface area (Å²) in [6.07, 6.45) is 1.42. The molecule has 0 N–H and O–H groups in total. The molecule has 108 valence electrons. The van der Waals surface area contributed by atoms with Gasteiger partial charge in [0.2, 0.25) is 5.69 Å². The highest BCUT2D eigenvalue weighted by molar-refractivity contribution is 6.30. The SMILES string of the molecule is CCOC(=O)c1ccc(/[N+]([O-])=C/c2cccc(Cl)c2)cc1. The predicted molar refractivity (Wildman–Crippen MR) is 82.3 cm³/mol. The molecule has 0 radical (unpaired) electrons. The molecule has 0 aliphatic carbocycles. The first-order valence-corrected chi connectivity index (χ1v) is 6.82. The number of benzene rings is 2. The standard InChI is InChI=1S/C16H14ClNO3/c1-2-21-16(19)13-6-8-15(9-7-13)18(20)11-12-4-3-5-14(17)10-12/h3-11H,2H2,1H3/b18-11-. The van der Waals surface area contributed by atoms with Gasteiger partial charge in [-0.1, -0.05) is 17.7 Å². The van der Waals surface area contributed by atoms with Gasteiger partial charge < -0.3 is 9.94 Å². The van der Waals surface area contributed by atoms with Crippen molar-refractivity contribution in [2.45, 2.75) is 6.92 Å². The van der Waals surface area contributed by atoms with Crippen molar-refractivity contribution in [2.24, 2.45) is 0 Å². The van der Waals surface area contributed by atoms with Crippen LogP contribution in [0.15, 0.2) is 48.5 Å². The molecular formula is C16H14ClNO3. The predicted octanol–water partition coefficient (Wildman–Crippen LogP) is 3.78. The second kappa shape index (κ2) is 6.90. The average Bonchev–Trinajstić information content (AvgIpc) is 2.47. The van der Waals surface area contributed by atoms with E-state index in [2.05, 4.69) is 0 Å². The molecule has 4 nitrogen and oxygen atoms in total. The van der Waals surface area contributed by atoms with Crippen molar-refractivity contribution >= 4 is 29.5 Å². The van der Waals surface area contributed by atoms with E-state index in [4.69, 9.17) is 16.3 Å². The largest absolute Gasteiger partial charge is 0.618 e. The Balaban J connectivity index is 2.20. The highest BCUT2D eigenvalue weighted by Crippen LogP contribution is 2.14. The fraction of sp³-hybridized carbons (Fsp3) is 0.125. The van der Waals surface area contributed by atoms with Crippen molar-refractivity contribution in [3.05, 3.63) is 69.9 Å². The summed E-state index contributed by atoms with van der Waals surface area (Å²) >= 11 is 5.87. The minimum absolute atomic E-state index is 0.316. The van der Waals surface area contributed by atoms with E-state index in [-0.39, 0.29) is 0 Å². The van der Waals surface area contributed by atoms with E-state index in [1.807, 2.05) is 0 Å². The molecule has 0 fully saturated rings. The second-order valence-corrected chi connectivity index (χ2v) is 4.71. The van der Waals surface area contributed by atoms with Gasteiger partial charge in [-0.2, -0.15) is 4.74 Å². The Kier molecular flexibility index (Phi) is 4.95. The van der Waals surface area contributed by atoms with Crippen LogP contribution in [0.25, 0.3) is 0 Å². The molecule has 0 atom stereocenters. The molecule has 0 saturated carbocycles. The Morgan fingerprint density at radius 1 is 1.29 bits per heavy atom. The van der Waals surface area contributed by atoms with Gasteiger partial charge in [-0.3, -0.25) is 0 Å². The molecule has 2 aromatic rings. The summed E-state index contributed by atoms with van der Waals surface area (Å²) in [4.78, 5) is 11.5. The number of hydrogen-bond donors (Lipinski definition) is 0. The van der Waals surface area contributed by atoms with Gasteiger partial charge in [0, 0.05) is 22.7 Å². The van der Waals surface area contributed by atoms with Crippen LogP contribution >= 0.6 is 11.6 Å². The molecule has 21 heavy (non-hydrogen) atoms. The lowest BCUT2D eigenvalue weighted by Crippen LogP contribution is -2.05. The molecular weight excluding hydrogens is 290 g/mol. The molecule has 0 unspecified atom stereocenters. The number of carbonyl (C=O) groups excluding carboxylic acids is 1. The van der Waals surface area contributed by atoms with E-state index in [9.17, 15) is 10.0 Å². The van der Waals surface area contributed by atoms with E-state index in [1.54, 1.807) is 55.5 Å². The fourth-order valence-electron chi connectivity index (χ4n) is 1.76. The lowest BCUT2D eigenvalue weighted by Gasteiger charge is -2.05. The highest BCUT2D eigenvalue weighted by atomic mass is 35.5. The summed E-state index contributed by atoms with van der Waals surface area (Å²) in [5, 5.41) is 12.6. The number of carbonyl (C=O) groups is 1. The minimum atomic E-state index is -0.402. The van der Waals surface area contributed by atoms with Crippen LogP contribution in [-0.4, -0.2) is 23.5 Å².